The van der Waals surface area contributed by atoms with Crippen LogP contribution in [0.2, 0.25) is 0 Å². The van der Waals surface area contributed by atoms with E-state index in [0.717, 1.165) is 12.2 Å². The van der Waals surface area contributed by atoms with Gasteiger partial charge in [-0.05, 0) is 18.9 Å². The van der Waals surface area contributed by atoms with E-state index in [0.29, 0.717) is 16.6 Å². The zero-order chi connectivity index (χ0) is 13.2. The number of benzene rings is 1. The summed E-state index contributed by atoms with van der Waals surface area (Å²) in [6, 6.07) is 7.36. The molecule has 1 fully saturated rings. The average molecular weight is 275 g/mol. The van der Waals surface area contributed by atoms with E-state index in [1.54, 1.807) is 18.2 Å². The molecule has 0 aliphatic heterocycles. The van der Waals surface area contributed by atoms with Crippen molar-refractivity contribution in [2.45, 2.75) is 25.4 Å². The summed E-state index contributed by atoms with van der Waals surface area (Å²) in [6.45, 7) is 0.738. The van der Waals surface area contributed by atoms with Crippen molar-refractivity contribution >= 4 is 17.0 Å². The Hall–Kier alpha value is -1.79. The lowest BCUT2D eigenvalue weighted by Crippen LogP contribution is -2.15. The molecule has 98 valence electrons. The van der Waals surface area contributed by atoms with E-state index in [4.69, 9.17) is 0 Å². The molecule has 0 radical (unpaired) electrons. The number of nitrogens with one attached hydrogen (secondary N) is 1. The monoisotopic (exact) mass is 275 g/mol. The van der Waals surface area contributed by atoms with Crippen molar-refractivity contribution in [3.8, 4) is 10.6 Å². The first-order chi connectivity index (χ1) is 9.24. The summed E-state index contributed by atoms with van der Waals surface area (Å²) >= 11 is 1.45. The molecule has 0 saturated heterocycles. The number of rotatable bonds is 5. The van der Waals surface area contributed by atoms with Crippen molar-refractivity contribution < 1.29 is 4.92 Å². The Morgan fingerprint density at radius 1 is 1.42 bits per heavy atom. The maximum absolute atomic E-state index is 11.0. The van der Waals surface area contributed by atoms with Gasteiger partial charge in [0.2, 0.25) is 0 Å². The third kappa shape index (κ3) is 2.80. The van der Waals surface area contributed by atoms with Crippen LogP contribution in [-0.2, 0) is 6.54 Å². The van der Waals surface area contributed by atoms with Crippen molar-refractivity contribution in [1.82, 2.24) is 10.3 Å². The van der Waals surface area contributed by atoms with Crippen LogP contribution in [0.1, 0.15) is 18.5 Å². The summed E-state index contributed by atoms with van der Waals surface area (Å²) in [7, 11) is 0. The van der Waals surface area contributed by atoms with Gasteiger partial charge >= 0.3 is 0 Å². The average Bonchev–Trinajstić information content (AvgIpc) is 3.13. The summed E-state index contributed by atoms with van der Waals surface area (Å²) in [6.07, 6.45) is 2.47. The number of para-hydroxylation sites is 1. The second kappa shape index (κ2) is 5.07. The largest absolute Gasteiger partial charge is 0.308 e. The van der Waals surface area contributed by atoms with Gasteiger partial charge in [-0.25, -0.2) is 4.98 Å². The zero-order valence-electron chi connectivity index (χ0n) is 10.2. The number of thiazole rings is 1. The molecule has 2 aromatic rings. The topological polar surface area (TPSA) is 68.1 Å². The van der Waals surface area contributed by atoms with Gasteiger partial charge in [0.15, 0.2) is 0 Å². The predicted molar refractivity (Wildman–Crippen MR) is 74.1 cm³/mol. The van der Waals surface area contributed by atoms with E-state index in [9.17, 15) is 10.1 Å². The summed E-state index contributed by atoms with van der Waals surface area (Å²) in [4.78, 5) is 15.1. The van der Waals surface area contributed by atoms with Crippen LogP contribution >= 0.6 is 11.3 Å². The Bertz CT molecular complexity index is 607. The van der Waals surface area contributed by atoms with Gasteiger partial charge in [0, 0.05) is 24.0 Å². The van der Waals surface area contributed by atoms with Crippen molar-refractivity contribution in [3.63, 3.8) is 0 Å². The van der Waals surface area contributed by atoms with Gasteiger partial charge in [-0.15, -0.1) is 11.3 Å². The molecule has 1 aromatic carbocycles. The molecule has 0 unspecified atom stereocenters. The zero-order valence-corrected chi connectivity index (χ0v) is 11.0. The minimum Gasteiger partial charge on any atom is -0.308 e. The van der Waals surface area contributed by atoms with Gasteiger partial charge in [-0.1, -0.05) is 12.1 Å². The van der Waals surface area contributed by atoms with Crippen molar-refractivity contribution in [3.05, 3.63) is 45.5 Å². The second-order valence-electron chi connectivity index (χ2n) is 4.57. The van der Waals surface area contributed by atoms with E-state index in [-0.39, 0.29) is 10.6 Å². The number of nitrogens with zero attached hydrogens (tertiary/aromatic N) is 2. The maximum atomic E-state index is 11.0. The molecule has 1 aliphatic carbocycles. The predicted octanol–water partition coefficient (Wildman–Crippen LogP) is 2.97. The van der Waals surface area contributed by atoms with Gasteiger partial charge in [0.1, 0.15) is 5.01 Å². The SMILES string of the molecule is O=[N+]([O-])c1ccccc1-c1nc(CNC2CC2)cs1. The molecular formula is C13H13N3O2S. The molecule has 1 aliphatic rings. The third-order valence-corrected chi connectivity index (χ3v) is 3.96. The number of nitro groups is 1. The fraction of sp³-hybridized carbons (Fsp3) is 0.308. The fourth-order valence-corrected chi connectivity index (χ4v) is 2.72. The Morgan fingerprint density at radius 3 is 2.95 bits per heavy atom. The van der Waals surface area contributed by atoms with E-state index in [1.807, 2.05) is 5.38 Å². The molecule has 1 N–H and O–H groups in total. The van der Waals surface area contributed by atoms with Crippen LogP contribution in [0.5, 0.6) is 0 Å². The van der Waals surface area contributed by atoms with Crippen LogP contribution in [0.3, 0.4) is 0 Å². The lowest BCUT2D eigenvalue weighted by molar-refractivity contribution is -0.384. The van der Waals surface area contributed by atoms with Gasteiger partial charge in [0.25, 0.3) is 5.69 Å². The van der Waals surface area contributed by atoms with Gasteiger partial charge < -0.3 is 5.32 Å². The summed E-state index contributed by atoms with van der Waals surface area (Å²) in [5, 5.41) is 17.0. The molecule has 1 aromatic heterocycles. The highest BCUT2D eigenvalue weighted by Crippen LogP contribution is 2.31. The van der Waals surface area contributed by atoms with E-state index in [1.165, 1.54) is 30.2 Å². The molecule has 1 heterocycles. The quantitative estimate of drug-likeness (QED) is 0.673. The van der Waals surface area contributed by atoms with Crippen LogP contribution in [0.15, 0.2) is 29.6 Å². The number of aromatic nitrogens is 1. The molecule has 1 saturated carbocycles. The Balaban J connectivity index is 1.83. The molecule has 19 heavy (non-hydrogen) atoms. The molecule has 0 atom stereocenters. The summed E-state index contributed by atoms with van der Waals surface area (Å²) in [5.41, 5.74) is 1.65. The van der Waals surface area contributed by atoms with Crippen LogP contribution in [0.25, 0.3) is 10.6 Å². The first kappa shape index (κ1) is 12.3. The van der Waals surface area contributed by atoms with Crippen molar-refractivity contribution in [2.75, 3.05) is 0 Å². The first-order valence-electron chi connectivity index (χ1n) is 6.15. The van der Waals surface area contributed by atoms with E-state index in [2.05, 4.69) is 10.3 Å². The van der Waals surface area contributed by atoms with Gasteiger partial charge in [-0.2, -0.15) is 0 Å². The number of hydrogen-bond donors (Lipinski definition) is 1. The van der Waals surface area contributed by atoms with Crippen LogP contribution in [-0.4, -0.2) is 15.9 Å². The van der Waals surface area contributed by atoms with E-state index >= 15 is 0 Å². The standard InChI is InChI=1S/C13H13N3O2S/c17-16(18)12-4-2-1-3-11(12)13-15-10(8-19-13)7-14-9-5-6-9/h1-4,8-9,14H,5-7H2. The summed E-state index contributed by atoms with van der Waals surface area (Å²) in [5.74, 6) is 0. The smallest absolute Gasteiger partial charge is 0.279 e. The lowest BCUT2D eigenvalue weighted by atomic mass is 10.2. The molecule has 0 spiro atoms. The van der Waals surface area contributed by atoms with E-state index < -0.39 is 0 Å². The number of nitro benzene ring substituents is 1. The normalized spacial score (nSPS) is 14.5. The highest BCUT2D eigenvalue weighted by Gasteiger charge is 2.21. The minimum atomic E-state index is -0.362. The van der Waals surface area contributed by atoms with Crippen molar-refractivity contribution in [2.24, 2.45) is 0 Å². The fourth-order valence-electron chi connectivity index (χ4n) is 1.86. The Kier molecular flexibility index (Phi) is 3.27. The highest BCUT2D eigenvalue weighted by atomic mass is 32.1. The van der Waals surface area contributed by atoms with Crippen LogP contribution in [0.4, 0.5) is 5.69 Å². The van der Waals surface area contributed by atoms with Gasteiger partial charge in [-0.3, -0.25) is 10.1 Å². The first-order valence-corrected chi connectivity index (χ1v) is 7.03. The maximum Gasteiger partial charge on any atom is 0.279 e. The Morgan fingerprint density at radius 2 is 2.21 bits per heavy atom. The molecule has 5 nitrogen and oxygen atoms in total. The molecular weight excluding hydrogens is 262 g/mol. The number of hydrogen-bond acceptors (Lipinski definition) is 5. The van der Waals surface area contributed by atoms with Gasteiger partial charge in [0.05, 0.1) is 16.2 Å². The highest BCUT2D eigenvalue weighted by molar-refractivity contribution is 7.13. The van der Waals surface area contributed by atoms with Crippen LogP contribution in [0, 0.1) is 10.1 Å². The molecule has 6 heteroatoms. The Labute approximate surface area is 114 Å². The molecule has 3 rings (SSSR count). The lowest BCUT2D eigenvalue weighted by Gasteiger charge is -1.99. The second-order valence-corrected chi connectivity index (χ2v) is 5.43. The molecule has 0 amide bonds. The minimum absolute atomic E-state index is 0.110. The third-order valence-electron chi connectivity index (χ3n) is 3.03. The van der Waals surface area contributed by atoms with Crippen molar-refractivity contribution in [1.29, 1.82) is 0 Å². The van der Waals surface area contributed by atoms with Crippen LogP contribution < -0.4 is 5.32 Å². The summed E-state index contributed by atoms with van der Waals surface area (Å²) < 4.78 is 0. The molecule has 0 bridgehead atoms.